The van der Waals surface area contributed by atoms with E-state index in [9.17, 15) is 18.0 Å². The van der Waals surface area contributed by atoms with E-state index < -0.39 is 67.4 Å². The molecule has 0 radical (unpaired) electrons. The number of benzene rings is 1. The van der Waals surface area contributed by atoms with Gasteiger partial charge in [-0.3, -0.25) is 4.99 Å². The van der Waals surface area contributed by atoms with Crippen LogP contribution in [0.15, 0.2) is 23.2 Å². The van der Waals surface area contributed by atoms with Crippen molar-refractivity contribution in [1.29, 1.82) is 0 Å². The minimum atomic E-state index is -4.34. The van der Waals surface area contributed by atoms with Gasteiger partial charge in [0.2, 0.25) is 0 Å². The highest BCUT2D eigenvalue weighted by atomic mass is 32.2. The number of nitrogen functional groups attached to an aromatic ring is 1. The fourth-order valence-corrected chi connectivity index (χ4v) is 7.00. The molecular formula is C26H38FN3O7S. The van der Waals surface area contributed by atoms with E-state index in [0.29, 0.717) is 4.90 Å². The van der Waals surface area contributed by atoms with Crippen LogP contribution in [0.4, 0.5) is 19.7 Å². The number of nitrogens with two attached hydrogens (primary N) is 1. The molecule has 12 heteroatoms. The van der Waals surface area contributed by atoms with E-state index in [-0.39, 0.29) is 23.4 Å². The summed E-state index contributed by atoms with van der Waals surface area (Å²) in [4.78, 5) is 32.0. The number of amides is 2. The zero-order valence-electron chi connectivity index (χ0n) is 23.4. The number of fused-ring (bicyclic) bond motifs is 3. The summed E-state index contributed by atoms with van der Waals surface area (Å²) in [5.41, 5.74) is 2.21. The summed E-state index contributed by atoms with van der Waals surface area (Å²) >= 11 is 0. The van der Waals surface area contributed by atoms with Crippen molar-refractivity contribution in [2.24, 2.45) is 4.99 Å². The van der Waals surface area contributed by atoms with Crippen LogP contribution >= 0.6 is 0 Å². The number of imide groups is 1. The average molecular weight is 556 g/mol. The predicted octanol–water partition coefficient (Wildman–Crippen LogP) is 4.75. The molecule has 2 N–H and O–H groups in total. The van der Waals surface area contributed by atoms with Crippen molar-refractivity contribution in [3.8, 4) is 5.75 Å². The second-order valence-corrected chi connectivity index (χ2v) is 14.9. The number of rotatable bonds is 1. The van der Waals surface area contributed by atoms with Crippen LogP contribution in [0, 0.1) is 0 Å². The molecule has 0 aromatic heterocycles. The summed E-state index contributed by atoms with van der Waals surface area (Å²) in [5.74, 6) is -0.302. The molecule has 2 heterocycles. The molecule has 0 fully saturated rings. The highest BCUT2D eigenvalue weighted by Crippen LogP contribution is 2.51. The Hall–Kier alpha value is -2.89. The zero-order chi connectivity index (χ0) is 29.1. The Balaban J connectivity index is 2.42. The molecule has 0 spiro atoms. The lowest BCUT2D eigenvalue weighted by Gasteiger charge is -2.46. The standard InChI is InChI=1S/C26H38FN3O7S/c1-15-12-19-26(14-27,17-13-16(28)10-11-18(17)35-15)29-20(25(8,9)38(19,33)34)30(21(31)36-23(2,3)4)22(32)37-24(5,6)7/h10-11,13,15,19H,12,14,28H2,1-9H3/t15?,19?,26-/m1/s1. The number of hydrogen-bond donors (Lipinski definition) is 1. The van der Waals surface area contributed by atoms with Crippen LogP contribution in [0.1, 0.15) is 74.3 Å². The zero-order valence-corrected chi connectivity index (χ0v) is 24.2. The minimum Gasteiger partial charge on any atom is -0.490 e. The minimum absolute atomic E-state index is 0.0834. The molecule has 2 unspecified atom stereocenters. The van der Waals surface area contributed by atoms with Crippen LogP contribution in [-0.2, 0) is 24.8 Å². The Labute approximate surface area is 223 Å². The lowest BCUT2D eigenvalue weighted by atomic mass is 9.85. The van der Waals surface area contributed by atoms with Crippen LogP contribution in [0.2, 0.25) is 0 Å². The SMILES string of the molecule is CC1CC2[C@](CF)(N=C(N(C(=O)OC(C)(C)C)C(=O)OC(C)(C)C)C(C)(C)S2(=O)=O)c2cc(N)ccc2O1. The number of halogens is 1. The van der Waals surface area contributed by atoms with E-state index >= 15 is 4.39 Å². The highest BCUT2D eigenvalue weighted by molar-refractivity contribution is 7.94. The third-order valence-electron chi connectivity index (χ3n) is 6.37. The Morgan fingerprint density at radius 2 is 1.66 bits per heavy atom. The Morgan fingerprint density at radius 1 is 1.13 bits per heavy atom. The number of carbonyl (C=O) groups is 2. The molecule has 0 aliphatic carbocycles. The first-order chi connectivity index (χ1) is 17.2. The molecule has 0 saturated heterocycles. The van der Waals surface area contributed by atoms with Gasteiger partial charge in [0.1, 0.15) is 39.7 Å². The number of nitrogens with zero attached hydrogens (tertiary/aromatic N) is 2. The molecule has 1 aromatic rings. The largest absolute Gasteiger partial charge is 0.490 e. The molecule has 2 aliphatic heterocycles. The summed E-state index contributed by atoms with van der Waals surface area (Å²) in [7, 11) is -4.34. The molecule has 3 atom stereocenters. The van der Waals surface area contributed by atoms with E-state index in [4.69, 9.17) is 19.9 Å². The van der Waals surface area contributed by atoms with E-state index in [1.165, 1.54) is 26.0 Å². The molecule has 0 saturated carbocycles. The first-order valence-corrected chi connectivity index (χ1v) is 13.9. The number of carbonyl (C=O) groups excluding carboxylic acids is 2. The van der Waals surface area contributed by atoms with Crippen molar-refractivity contribution < 1.29 is 36.6 Å². The van der Waals surface area contributed by atoms with Gasteiger partial charge in [-0.05, 0) is 80.5 Å². The van der Waals surface area contributed by atoms with Crippen LogP contribution in [0.5, 0.6) is 5.75 Å². The van der Waals surface area contributed by atoms with Crippen LogP contribution in [-0.4, -0.2) is 65.3 Å². The average Bonchev–Trinajstić information content (AvgIpc) is 2.84. The summed E-state index contributed by atoms with van der Waals surface area (Å²) in [5, 5.41) is -1.38. The number of hydrogen-bond acceptors (Lipinski definition) is 9. The molecule has 2 amide bonds. The van der Waals surface area contributed by atoms with Gasteiger partial charge < -0.3 is 19.9 Å². The fourth-order valence-electron chi connectivity index (χ4n) is 4.62. The van der Waals surface area contributed by atoms with Gasteiger partial charge in [-0.1, -0.05) is 0 Å². The van der Waals surface area contributed by atoms with Gasteiger partial charge in [-0.25, -0.2) is 22.4 Å². The molecule has 1 aromatic carbocycles. The monoisotopic (exact) mass is 555 g/mol. The summed E-state index contributed by atoms with van der Waals surface area (Å²) in [6.45, 7) is 12.6. The third kappa shape index (κ3) is 5.19. The first kappa shape index (κ1) is 29.7. The van der Waals surface area contributed by atoms with E-state index in [1.54, 1.807) is 54.5 Å². The summed E-state index contributed by atoms with van der Waals surface area (Å²) in [6.07, 6.45) is -3.09. The van der Waals surface area contributed by atoms with E-state index in [2.05, 4.69) is 4.99 Å². The Bertz CT molecular complexity index is 1240. The number of aliphatic imine (C=N–C) groups is 1. The van der Waals surface area contributed by atoms with E-state index in [1.807, 2.05) is 0 Å². The van der Waals surface area contributed by atoms with Crippen molar-refractivity contribution in [3.05, 3.63) is 23.8 Å². The maximum atomic E-state index is 15.4. The predicted molar refractivity (Wildman–Crippen MR) is 142 cm³/mol. The van der Waals surface area contributed by atoms with Crippen molar-refractivity contribution in [3.63, 3.8) is 0 Å². The number of alkyl halides is 1. The number of amidine groups is 1. The molecule has 3 rings (SSSR count). The van der Waals surface area contributed by atoms with Gasteiger partial charge in [0.05, 0.1) is 11.4 Å². The molecule has 10 nitrogen and oxygen atoms in total. The Kier molecular flexibility index (Phi) is 7.33. The maximum absolute atomic E-state index is 15.4. The van der Waals surface area contributed by atoms with Crippen molar-refractivity contribution in [1.82, 2.24) is 4.90 Å². The van der Waals surface area contributed by atoms with Crippen molar-refractivity contribution in [2.45, 2.75) is 102 Å². The second kappa shape index (κ2) is 9.39. The molecule has 212 valence electrons. The number of anilines is 1. The van der Waals surface area contributed by atoms with E-state index in [0.717, 1.165) is 0 Å². The molecule has 0 bridgehead atoms. The van der Waals surface area contributed by atoms with Gasteiger partial charge in [-0.2, -0.15) is 4.90 Å². The van der Waals surface area contributed by atoms with Crippen LogP contribution in [0.3, 0.4) is 0 Å². The summed E-state index contributed by atoms with van der Waals surface area (Å²) in [6, 6.07) is 4.50. The number of ether oxygens (including phenoxy) is 3. The molecular weight excluding hydrogens is 517 g/mol. The molecule has 2 aliphatic rings. The van der Waals surface area contributed by atoms with Crippen molar-refractivity contribution >= 4 is 33.5 Å². The summed E-state index contributed by atoms with van der Waals surface area (Å²) < 4.78 is 58.9. The highest BCUT2D eigenvalue weighted by Gasteiger charge is 2.63. The second-order valence-electron chi connectivity index (χ2n) is 12.3. The van der Waals surface area contributed by atoms with Gasteiger partial charge in [0, 0.05) is 17.7 Å². The maximum Gasteiger partial charge on any atom is 0.425 e. The van der Waals surface area contributed by atoms with Gasteiger partial charge in [-0.15, -0.1) is 0 Å². The fraction of sp³-hybridized carbons (Fsp3) is 0.654. The van der Waals surface area contributed by atoms with Gasteiger partial charge >= 0.3 is 12.2 Å². The normalized spacial score (nSPS) is 26.0. The van der Waals surface area contributed by atoms with Crippen LogP contribution in [0.25, 0.3) is 0 Å². The quantitative estimate of drug-likeness (QED) is 0.490. The lowest BCUT2D eigenvalue weighted by Crippen LogP contribution is -2.65. The lowest BCUT2D eigenvalue weighted by molar-refractivity contribution is 0.0137. The van der Waals surface area contributed by atoms with Crippen molar-refractivity contribution in [2.75, 3.05) is 12.4 Å². The Morgan fingerprint density at radius 3 is 2.13 bits per heavy atom. The van der Waals surface area contributed by atoms with Gasteiger partial charge in [0.15, 0.2) is 9.84 Å². The van der Waals surface area contributed by atoms with Crippen LogP contribution < -0.4 is 10.5 Å². The molecule has 38 heavy (non-hydrogen) atoms. The first-order valence-electron chi connectivity index (χ1n) is 12.4. The topological polar surface area (TPSA) is 138 Å². The van der Waals surface area contributed by atoms with Gasteiger partial charge in [0.25, 0.3) is 0 Å². The smallest absolute Gasteiger partial charge is 0.425 e. The third-order valence-corrected chi connectivity index (χ3v) is 9.31. The number of sulfone groups is 1.